The topological polar surface area (TPSA) is 69.4 Å². The first-order chi connectivity index (χ1) is 9.88. The van der Waals surface area contributed by atoms with E-state index in [1.165, 1.54) is 0 Å². The number of rotatable bonds is 9. The van der Waals surface area contributed by atoms with Crippen LogP contribution in [0.4, 0.5) is 0 Å². The van der Waals surface area contributed by atoms with Crippen LogP contribution in [0.25, 0.3) is 0 Å². The second-order valence-electron chi connectivity index (χ2n) is 5.14. The van der Waals surface area contributed by atoms with Gasteiger partial charge in [0.1, 0.15) is 12.4 Å². The number of hydrogen-bond acceptors (Lipinski definition) is 4. The average molecular weight is 378 g/mol. The first-order valence-electron chi connectivity index (χ1n) is 7.25. The molecule has 0 bridgehead atoms. The molecule has 0 aromatic heterocycles. The van der Waals surface area contributed by atoms with Gasteiger partial charge >= 0.3 is 0 Å². The number of halogens is 1. The third kappa shape index (κ3) is 6.80. The molecular formula is C15H24BrNO3S. The Balaban J connectivity index is 2.57. The Morgan fingerprint density at radius 2 is 2.00 bits per heavy atom. The van der Waals surface area contributed by atoms with E-state index >= 15 is 0 Å². The predicted octanol–water partition coefficient (Wildman–Crippen LogP) is 2.93. The molecule has 0 amide bonds. The van der Waals surface area contributed by atoms with E-state index in [-0.39, 0.29) is 24.2 Å². The Labute approximate surface area is 136 Å². The van der Waals surface area contributed by atoms with Gasteiger partial charge in [-0.2, -0.15) is 0 Å². The van der Waals surface area contributed by atoms with Crippen LogP contribution in [0.15, 0.2) is 22.7 Å². The van der Waals surface area contributed by atoms with Crippen LogP contribution in [0.5, 0.6) is 5.75 Å². The Hall–Kier alpha value is -0.590. The zero-order chi connectivity index (χ0) is 15.9. The summed E-state index contributed by atoms with van der Waals surface area (Å²) in [4.78, 5) is 0. The molecule has 120 valence electrons. The number of benzene rings is 1. The van der Waals surface area contributed by atoms with Crippen molar-refractivity contribution in [2.45, 2.75) is 39.2 Å². The molecule has 0 saturated heterocycles. The Kier molecular flexibility index (Phi) is 7.70. The van der Waals surface area contributed by atoms with Gasteiger partial charge < -0.3 is 10.5 Å². The summed E-state index contributed by atoms with van der Waals surface area (Å²) in [5.74, 6) is 0.928. The summed E-state index contributed by atoms with van der Waals surface area (Å²) in [6, 6.07) is 5.96. The SMILES string of the molecule is CCCS(=O)(=O)CCOc1ccc(CC(N)CC)cc1Br. The number of sulfone groups is 1. The van der Waals surface area contributed by atoms with Crippen molar-refractivity contribution in [2.24, 2.45) is 5.73 Å². The quantitative estimate of drug-likeness (QED) is 0.717. The van der Waals surface area contributed by atoms with Gasteiger partial charge in [-0.15, -0.1) is 0 Å². The van der Waals surface area contributed by atoms with Gasteiger partial charge in [0.2, 0.25) is 0 Å². The van der Waals surface area contributed by atoms with Crippen LogP contribution in [0.1, 0.15) is 32.3 Å². The van der Waals surface area contributed by atoms with Crippen LogP contribution in [0.2, 0.25) is 0 Å². The lowest BCUT2D eigenvalue weighted by molar-refractivity contribution is 0.338. The Morgan fingerprint density at radius 1 is 1.29 bits per heavy atom. The highest BCUT2D eigenvalue weighted by atomic mass is 79.9. The minimum absolute atomic E-state index is 0.0513. The van der Waals surface area contributed by atoms with Crippen molar-refractivity contribution < 1.29 is 13.2 Å². The second kappa shape index (κ2) is 8.76. The van der Waals surface area contributed by atoms with E-state index in [0.29, 0.717) is 12.2 Å². The number of ether oxygens (including phenoxy) is 1. The monoisotopic (exact) mass is 377 g/mol. The lowest BCUT2D eigenvalue weighted by Crippen LogP contribution is -2.21. The molecule has 0 aliphatic rings. The molecule has 0 aliphatic heterocycles. The van der Waals surface area contributed by atoms with E-state index in [4.69, 9.17) is 10.5 Å². The lowest BCUT2D eigenvalue weighted by Gasteiger charge is -2.12. The summed E-state index contributed by atoms with van der Waals surface area (Å²) in [5, 5.41) is 0. The molecule has 4 nitrogen and oxygen atoms in total. The summed E-state index contributed by atoms with van der Waals surface area (Å²) in [6.07, 6.45) is 2.39. The molecule has 0 heterocycles. The van der Waals surface area contributed by atoms with E-state index in [0.717, 1.165) is 22.9 Å². The van der Waals surface area contributed by atoms with Crippen molar-refractivity contribution in [3.63, 3.8) is 0 Å². The van der Waals surface area contributed by atoms with Crippen molar-refractivity contribution in [1.29, 1.82) is 0 Å². The smallest absolute Gasteiger partial charge is 0.153 e. The van der Waals surface area contributed by atoms with E-state index < -0.39 is 9.84 Å². The van der Waals surface area contributed by atoms with Gasteiger partial charge in [0, 0.05) is 6.04 Å². The molecule has 0 fully saturated rings. The molecule has 1 rings (SSSR count). The fraction of sp³-hybridized carbons (Fsp3) is 0.600. The first-order valence-corrected chi connectivity index (χ1v) is 9.86. The van der Waals surface area contributed by atoms with Gasteiger partial charge in [-0.1, -0.05) is 19.9 Å². The minimum atomic E-state index is -3.00. The van der Waals surface area contributed by atoms with Crippen LogP contribution in [0.3, 0.4) is 0 Å². The third-order valence-electron chi connectivity index (χ3n) is 3.19. The predicted molar refractivity (Wildman–Crippen MR) is 90.6 cm³/mol. The molecule has 2 N–H and O–H groups in total. The summed E-state index contributed by atoms with van der Waals surface area (Å²) >= 11 is 3.46. The standard InChI is InChI=1S/C15H24BrNO3S/c1-3-8-21(18,19)9-7-20-15-6-5-12(11-14(15)16)10-13(17)4-2/h5-6,11,13H,3-4,7-10,17H2,1-2H3. The molecule has 1 unspecified atom stereocenters. The normalized spacial score (nSPS) is 13.1. The van der Waals surface area contributed by atoms with Crippen LogP contribution in [-0.2, 0) is 16.3 Å². The number of hydrogen-bond donors (Lipinski definition) is 1. The third-order valence-corrected chi connectivity index (χ3v) is 5.62. The van der Waals surface area contributed by atoms with Gasteiger partial charge in [0.25, 0.3) is 0 Å². The average Bonchev–Trinajstić information content (AvgIpc) is 2.41. The molecular weight excluding hydrogens is 354 g/mol. The highest BCUT2D eigenvalue weighted by Gasteiger charge is 2.11. The molecule has 0 spiro atoms. The van der Waals surface area contributed by atoms with Crippen LogP contribution in [-0.4, -0.2) is 32.6 Å². The van der Waals surface area contributed by atoms with E-state index in [2.05, 4.69) is 22.9 Å². The van der Waals surface area contributed by atoms with Crippen molar-refractivity contribution >= 4 is 25.8 Å². The van der Waals surface area contributed by atoms with Gasteiger partial charge in [-0.05, 0) is 52.9 Å². The molecule has 0 radical (unpaired) electrons. The molecule has 1 atom stereocenters. The maximum Gasteiger partial charge on any atom is 0.153 e. The molecule has 6 heteroatoms. The zero-order valence-corrected chi connectivity index (χ0v) is 15.0. The fourth-order valence-corrected chi connectivity index (χ4v) is 3.63. The van der Waals surface area contributed by atoms with Crippen LogP contribution >= 0.6 is 15.9 Å². The van der Waals surface area contributed by atoms with Crippen molar-refractivity contribution in [1.82, 2.24) is 0 Å². The lowest BCUT2D eigenvalue weighted by atomic mass is 10.0. The summed E-state index contributed by atoms with van der Waals surface area (Å²) in [7, 11) is -3.00. The van der Waals surface area contributed by atoms with Crippen molar-refractivity contribution in [3.05, 3.63) is 28.2 Å². The molecule has 0 saturated carbocycles. The van der Waals surface area contributed by atoms with Gasteiger partial charge in [-0.25, -0.2) is 8.42 Å². The summed E-state index contributed by atoms with van der Waals surface area (Å²) in [5.41, 5.74) is 7.08. The second-order valence-corrected chi connectivity index (χ2v) is 8.30. The van der Waals surface area contributed by atoms with Crippen LogP contribution in [0, 0.1) is 0 Å². The maximum atomic E-state index is 11.6. The van der Waals surface area contributed by atoms with Gasteiger partial charge in [0.05, 0.1) is 16.0 Å². The Morgan fingerprint density at radius 3 is 2.57 bits per heavy atom. The van der Waals surface area contributed by atoms with Crippen LogP contribution < -0.4 is 10.5 Å². The highest BCUT2D eigenvalue weighted by Crippen LogP contribution is 2.26. The van der Waals surface area contributed by atoms with Gasteiger partial charge in [-0.3, -0.25) is 0 Å². The minimum Gasteiger partial charge on any atom is -0.491 e. The van der Waals surface area contributed by atoms with E-state index in [1.807, 2.05) is 25.1 Å². The number of nitrogens with two attached hydrogens (primary N) is 1. The van der Waals surface area contributed by atoms with Crippen molar-refractivity contribution in [2.75, 3.05) is 18.1 Å². The molecule has 1 aromatic rings. The fourth-order valence-electron chi connectivity index (χ4n) is 1.93. The highest BCUT2D eigenvalue weighted by molar-refractivity contribution is 9.10. The molecule has 0 aliphatic carbocycles. The van der Waals surface area contributed by atoms with Crippen molar-refractivity contribution in [3.8, 4) is 5.75 Å². The van der Waals surface area contributed by atoms with E-state index in [1.54, 1.807) is 0 Å². The summed E-state index contributed by atoms with van der Waals surface area (Å²) in [6.45, 7) is 4.09. The largest absolute Gasteiger partial charge is 0.491 e. The Bertz CT molecular complexity index is 546. The molecule has 1 aromatic carbocycles. The zero-order valence-electron chi connectivity index (χ0n) is 12.6. The first kappa shape index (κ1) is 18.5. The summed E-state index contributed by atoms with van der Waals surface area (Å²) < 4.78 is 29.6. The molecule has 21 heavy (non-hydrogen) atoms. The maximum absolute atomic E-state index is 11.6. The van der Waals surface area contributed by atoms with E-state index in [9.17, 15) is 8.42 Å². The van der Waals surface area contributed by atoms with Gasteiger partial charge in [0.15, 0.2) is 9.84 Å².